The first kappa shape index (κ1) is 53.8. The number of benzene rings is 6. The molecule has 2 N–H and O–H groups in total. The average molecular weight is 1050 g/mol. The van der Waals surface area contributed by atoms with Gasteiger partial charge < -0.3 is 48.1 Å². The Morgan fingerprint density at radius 1 is 0.521 bits per heavy atom. The van der Waals surface area contributed by atoms with Gasteiger partial charge in [-0.1, -0.05) is 204 Å². The summed E-state index contributed by atoms with van der Waals surface area (Å²) < 4.78 is 53.6. The van der Waals surface area contributed by atoms with Gasteiger partial charge in [-0.25, -0.2) is 0 Å². The Morgan fingerprint density at radius 2 is 0.973 bits per heavy atom. The van der Waals surface area contributed by atoms with Crippen LogP contribution in [-0.4, -0.2) is 90.2 Å². The Balaban J connectivity index is 1.02. The molecular formula is C61H65BrO11. The number of hydrogen-bond donors (Lipinski definition) is 2. The van der Waals surface area contributed by atoms with E-state index in [4.69, 9.17) is 37.9 Å². The first-order valence-electron chi connectivity index (χ1n) is 25.0. The molecule has 0 aliphatic carbocycles. The van der Waals surface area contributed by atoms with E-state index in [9.17, 15) is 15.0 Å². The van der Waals surface area contributed by atoms with Gasteiger partial charge in [0.15, 0.2) is 5.78 Å². The highest BCUT2D eigenvalue weighted by molar-refractivity contribution is 9.10. The van der Waals surface area contributed by atoms with Gasteiger partial charge in [0.1, 0.15) is 48.8 Å². The summed E-state index contributed by atoms with van der Waals surface area (Å²) in [6.45, 7) is 2.27. The molecule has 0 spiro atoms. The summed E-state index contributed by atoms with van der Waals surface area (Å²) in [6.07, 6.45) is -2.04. The zero-order chi connectivity index (χ0) is 50.5. The number of rotatable bonds is 26. The normalized spacial score (nSPS) is 23.5. The summed E-state index contributed by atoms with van der Waals surface area (Å²) in [5, 5.41) is 23.0. The largest absolute Gasteiger partial charge is 0.386 e. The number of carbonyl (C=O) groups is 1. The van der Waals surface area contributed by atoms with Gasteiger partial charge in [-0.15, -0.1) is 0 Å². The van der Waals surface area contributed by atoms with Gasteiger partial charge in [0, 0.05) is 17.5 Å². The molecule has 2 heterocycles. The van der Waals surface area contributed by atoms with E-state index in [1.165, 1.54) is 12.2 Å². The van der Waals surface area contributed by atoms with Crippen LogP contribution in [0.25, 0.3) is 0 Å². The van der Waals surface area contributed by atoms with E-state index >= 15 is 0 Å². The van der Waals surface area contributed by atoms with E-state index in [1.807, 2.05) is 176 Å². The maximum Gasteiger partial charge on any atom is 0.167 e. The SMILES string of the molecule is O=C(C[C@H]1O[C@@H](CCOCc2ccccc2)[C@H](OCc2ccccc2)[C@@H](OCc2ccccc2)[C@@H]1OCc1ccc(Br)cc1)C(O)/C=C\[C@@H]1O[C@H](COCc2ccccc2)[C@@H](OCc2ccccc2)C=C[C@H]1O. The maximum atomic E-state index is 14.4. The quantitative estimate of drug-likeness (QED) is 0.0398. The molecule has 1 unspecified atom stereocenters. The van der Waals surface area contributed by atoms with Crippen molar-refractivity contribution < 1.29 is 52.9 Å². The smallest absolute Gasteiger partial charge is 0.167 e. The van der Waals surface area contributed by atoms with Crippen molar-refractivity contribution in [1.82, 2.24) is 0 Å². The Morgan fingerprint density at radius 3 is 1.51 bits per heavy atom. The fourth-order valence-corrected chi connectivity index (χ4v) is 9.06. The van der Waals surface area contributed by atoms with E-state index in [2.05, 4.69) is 15.9 Å². The van der Waals surface area contributed by atoms with Crippen LogP contribution < -0.4 is 0 Å². The second-order valence-electron chi connectivity index (χ2n) is 18.2. The van der Waals surface area contributed by atoms with Crippen molar-refractivity contribution >= 4 is 21.7 Å². The zero-order valence-electron chi connectivity index (χ0n) is 40.8. The van der Waals surface area contributed by atoms with Crippen LogP contribution >= 0.6 is 15.9 Å². The minimum atomic E-state index is -1.58. The molecule has 2 aliphatic rings. The Bertz CT molecular complexity index is 2550. The third kappa shape index (κ3) is 17.0. The summed E-state index contributed by atoms with van der Waals surface area (Å²) in [5.74, 6) is -0.520. The van der Waals surface area contributed by atoms with Crippen LogP contribution in [0.2, 0.25) is 0 Å². The number of halogens is 1. The van der Waals surface area contributed by atoms with Gasteiger partial charge in [0.2, 0.25) is 0 Å². The first-order chi connectivity index (χ1) is 35.8. The van der Waals surface area contributed by atoms with Crippen molar-refractivity contribution in [1.29, 1.82) is 0 Å². The predicted octanol–water partition coefficient (Wildman–Crippen LogP) is 10.2. The van der Waals surface area contributed by atoms with Gasteiger partial charge >= 0.3 is 0 Å². The number of hydrogen-bond acceptors (Lipinski definition) is 11. The van der Waals surface area contributed by atoms with Crippen molar-refractivity contribution in [2.24, 2.45) is 0 Å². The average Bonchev–Trinajstić information content (AvgIpc) is 3.58. The fraction of sp³-hybridized carbons (Fsp3) is 0.328. The predicted molar refractivity (Wildman–Crippen MR) is 282 cm³/mol. The van der Waals surface area contributed by atoms with Crippen LogP contribution in [0.15, 0.2) is 205 Å². The number of aliphatic hydroxyl groups excluding tert-OH is 2. The molecule has 8 rings (SSSR count). The molecule has 6 aromatic rings. The summed E-state index contributed by atoms with van der Waals surface area (Å²) >= 11 is 3.54. The zero-order valence-corrected chi connectivity index (χ0v) is 42.4. The van der Waals surface area contributed by atoms with Gasteiger partial charge in [-0.3, -0.25) is 4.79 Å². The van der Waals surface area contributed by atoms with E-state index in [1.54, 1.807) is 12.2 Å². The molecule has 73 heavy (non-hydrogen) atoms. The van der Waals surface area contributed by atoms with Crippen LogP contribution in [0.4, 0.5) is 0 Å². The van der Waals surface area contributed by atoms with Gasteiger partial charge in [0.25, 0.3) is 0 Å². The molecule has 0 aromatic heterocycles. The summed E-state index contributed by atoms with van der Waals surface area (Å²) in [7, 11) is 0. The first-order valence-corrected chi connectivity index (χ1v) is 25.8. The van der Waals surface area contributed by atoms with Crippen LogP contribution in [0.5, 0.6) is 0 Å². The van der Waals surface area contributed by atoms with Crippen LogP contribution in [-0.2, 0) is 82.3 Å². The molecule has 10 atom stereocenters. The lowest BCUT2D eigenvalue weighted by Crippen LogP contribution is -2.60. The standard InChI is InChI=1S/C61H65BrO11/c62-50-28-26-49(27-29-50)42-70-60-57(73-56(34-35-66-37-44-16-6-1-7-17-44)59(69-40-47-22-12-4-13-23-47)61(60)71-41-48-24-14-5-15-25-48)36-53(65)51(63)30-32-54-52(64)31-33-55(68-39-46-20-10-3-11-21-46)58(72-54)43-67-38-45-18-8-2-9-19-45/h1-33,51-52,54-61,63-64H,34-43H2/b32-30-/t51?,52-,54+,55+,56+,57-,58-,59+,60-,61-/m1/s1. The molecule has 0 radical (unpaired) electrons. The molecule has 12 heteroatoms. The topological polar surface area (TPSA) is 131 Å². The third-order valence-electron chi connectivity index (χ3n) is 12.7. The molecule has 0 amide bonds. The fourth-order valence-electron chi connectivity index (χ4n) is 8.80. The summed E-state index contributed by atoms with van der Waals surface area (Å²) in [4.78, 5) is 14.4. The lowest BCUT2D eigenvalue weighted by molar-refractivity contribution is -0.267. The lowest BCUT2D eigenvalue weighted by Gasteiger charge is -2.46. The minimum Gasteiger partial charge on any atom is -0.386 e. The highest BCUT2D eigenvalue weighted by Crippen LogP contribution is 2.34. The van der Waals surface area contributed by atoms with Gasteiger partial charge in [0.05, 0.1) is 58.5 Å². The number of aliphatic hydroxyl groups is 2. The number of ketones is 1. The molecular weight excluding hydrogens is 989 g/mol. The van der Waals surface area contributed by atoms with Crippen molar-refractivity contribution in [2.75, 3.05) is 13.2 Å². The van der Waals surface area contributed by atoms with Crippen LogP contribution in [0, 0.1) is 0 Å². The van der Waals surface area contributed by atoms with Crippen LogP contribution in [0.1, 0.15) is 46.2 Å². The molecule has 1 saturated heterocycles. The van der Waals surface area contributed by atoms with Gasteiger partial charge in [-0.2, -0.15) is 0 Å². The summed E-state index contributed by atoms with van der Waals surface area (Å²) in [5.41, 5.74) is 5.86. The molecule has 6 aromatic carbocycles. The van der Waals surface area contributed by atoms with E-state index < -0.39 is 66.8 Å². The molecule has 382 valence electrons. The second kappa shape index (κ2) is 28.9. The number of Topliss-reactive ketones (excluding diaryl/α,β-unsaturated/α-hetero) is 1. The van der Waals surface area contributed by atoms with Crippen molar-refractivity contribution in [3.8, 4) is 0 Å². The number of ether oxygens (including phenoxy) is 8. The van der Waals surface area contributed by atoms with E-state index in [-0.39, 0.29) is 32.8 Å². The van der Waals surface area contributed by atoms with Crippen molar-refractivity contribution in [2.45, 2.75) is 114 Å². The van der Waals surface area contributed by atoms with E-state index in [0.29, 0.717) is 32.8 Å². The van der Waals surface area contributed by atoms with E-state index in [0.717, 1.165) is 37.9 Å². The third-order valence-corrected chi connectivity index (χ3v) is 13.3. The molecule has 11 nitrogen and oxygen atoms in total. The lowest BCUT2D eigenvalue weighted by atomic mass is 9.89. The Hall–Kier alpha value is -5.45. The Labute approximate surface area is 437 Å². The van der Waals surface area contributed by atoms with Crippen molar-refractivity contribution in [3.05, 3.63) is 238 Å². The Kier molecular flexibility index (Phi) is 21.3. The van der Waals surface area contributed by atoms with Crippen molar-refractivity contribution in [3.63, 3.8) is 0 Å². The minimum absolute atomic E-state index is 0.153. The number of carbonyl (C=O) groups excluding carboxylic acids is 1. The summed E-state index contributed by atoms with van der Waals surface area (Å²) in [6, 6.07) is 57.2. The van der Waals surface area contributed by atoms with Crippen LogP contribution in [0.3, 0.4) is 0 Å². The van der Waals surface area contributed by atoms with Gasteiger partial charge in [-0.05, 0) is 51.9 Å². The molecule has 0 saturated carbocycles. The molecule has 2 aliphatic heterocycles. The molecule has 1 fully saturated rings. The monoisotopic (exact) mass is 1050 g/mol. The maximum absolute atomic E-state index is 14.4. The highest BCUT2D eigenvalue weighted by Gasteiger charge is 2.49. The highest BCUT2D eigenvalue weighted by atomic mass is 79.9. The molecule has 0 bridgehead atoms. The second-order valence-corrected chi connectivity index (χ2v) is 19.2.